The van der Waals surface area contributed by atoms with E-state index in [1.807, 2.05) is 24.3 Å². The Labute approximate surface area is 116 Å². The monoisotopic (exact) mass is 266 g/mol. The van der Waals surface area contributed by atoms with Crippen molar-refractivity contribution < 1.29 is 9.47 Å². The molecular formula is C15H26N2O2. The summed E-state index contributed by atoms with van der Waals surface area (Å²) in [6.45, 7) is 8.23. The molecule has 2 N–H and O–H groups in total. The van der Waals surface area contributed by atoms with Crippen LogP contribution in [-0.4, -0.2) is 44.4 Å². The molecule has 1 aromatic rings. The first kappa shape index (κ1) is 16.0. The van der Waals surface area contributed by atoms with E-state index >= 15 is 0 Å². The van der Waals surface area contributed by atoms with Gasteiger partial charge in [0.15, 0.2) is 0 Å². The van der Waals surface area contributed by atoms with E-state index in [0.717, 1.165) is 31.0 Å². The number of ether oxygens (including phenoxy) is 2. The highest BCUT2D eigenvalue weighted by Crippen LogP contribution is 2.12. The lowest BCUT2D eigenvalue weighted by Gasteiger charge is -2.27. The van der Waals surface area contributed by atoms with Crippen LogP contribution in [0.4, 0.5) is 0 Å². The zero-order chi connectivity index (χ0) is 14.1. The van der Waals surface area contributed by atoms with Gasteiger partial charge in [-0.25, -0.2) is 0 Å². The Morgan fingerprint density at radius 2 is 1.95 bits per heavy atom. The van der Waals surface area contributed by atoms with Gasteiger partial charge < -0.3 is 15.2 Å². The highest BCUT2D eigenvalue weighted by molar-refractivity contribution is 5.27. The smallest absolute Gasteiger partial charge is 0.119 e. The molecule has 0 amide bonds. The molecule has 1 aromatic carbocycles. The molecule has 1 atom stereocenters. The summed E-state index contributed by atoms with van der Waals surface area (Å²) in [6, 6.07) is 8.35. The van der Waals surface area contributed by atoms with Gasteiger partial charge in [0.05, 0.1) is 6.61 Å². The maximum atomic E-state index is 5.74. The molecule has 1 rings (SSSR count). The molecule has 0 aliphatic heterocycles. The zero-order valence-electron chi connectivity index (χ0n) is 12.3. The molecule has 0 aliphatic carbocycles. The van der Waals surface area contributed by atoms with Crippen molar-refractivity contribution in [3.63, 3.8) is 0 Å². The first-order valence-corrected chi connectivity index (χ1v) is 6.86. The maximum absolute atomic E-state index is 5.74. The Hall–Kier alpha value is -1.10. The Morgan fingerprint density at radius 3 is 2.47 bits per heavy atom. The van der Waals surface area contributed by atoms with Crippen molar-refractivity contribution in [2.45, 2.75) is 26.4 Å². The van der Waals surface area contributed by atoms with Crippen molar-refractivity contribution >= 4 is 0 Å². The summed E-state index contributed by atoms with van der Waals surface area (Å²) in [5, 5.41) is 0. The van der Waals surface area contributed by atoms with Crippen LogP contribution in [-0.2, 0) is 11.3 Å². The second kappa shape index (κ2) is 8.91. The molecule has 4 nitrogen and oxygen atoms in total. The van der Waals surface area contributed by atoms with E-state index < -0.39 is 0 Å². The number of methoxy groups -OCH3 is 1. The quantitative estimate of drug-likeness (QED) is 0.741. The fraction of sp³-hybridized carbons (Fsp3) is 0.600. The Morgan fingerprint density at radius 1 is 1.26 bits per heavy atom. The summed E-state index contributed by atoms with van der Waals surface area (Å²) in [5.74, 6) is 0.896. The number of hydrogen-bond donors (Lipinski definition) is 1. The standard InChI is InChI=1S/C15H26N2O2/c1-4-17(13(2)12-18-3)9-10-19-15-7-5-14(11-16)6-8-15/h5-8,13H,4,9-12,16H2,1-3H3. The van der Waals surface area contributed by atoms with E-state index in [1.54, 1.807) is 7.11 Å². The molecule has 4 heteroatoms. The second-order valence-electron chi connectivity index (χ2n) is 4.63. The van der Waals surface area contributed by atoms with Crippen molar-refractivity contribution in [1.29, 1.82) is 0 Å². The molecule has 0 spiro atoms. The SMILES string of the molecule is CCN(CCOc1ccc(CN)cc1)C(C)COC. The summed E-state index contributed by atoms with van der Waals surface area (Å²) in [5.41, 5.74) is 6.68. The third kappa shape index (κ3) is 5.59. The lowest BCUT2D eigenvalue weighted by Crippen LogP contribution is -2.38. The number of nitrogens with two attached hydrogens (primary N) is 1. The molecule has 0 fully saturated rings. The summed E-state index contributed by atoms with van der Waals surface area (Å²) in [4.78, 5) is 2.34. The van der Waals surface area contributed by atoms with E-state index in [0.29, 0.717) is 19.2 Å². The third-order valence-electron chi connectivity index (χ3n) is 3.24. The van der Waals surface area contributed by atoms with Gasteiger partial charge in [-0.1, -0.05) is 19.1 Å². The molecule has 0 saturated carbocycles. The van der Waals surface area contributed by atoms with E-state index in [1.165, 1.54) is 0 Å². The molecule has 0 saturated heterocycles. The van der Waals surface area contributed by atoms with Crippen LogP contribution >= 0.6 is 0 Å². The van der Waals surface area contributed by atoms with Gasteiger partial charge in [-0.3, -0.25) is 4.90 Å². The maximum Gasteiger partial charge on any atom is 0.119 e. The van der Waals surface area contributed by atoms with Crippen molar-refractivity contribution in [2.24, 2.45) is 5.73 Å². The molecule has 0 radical (unpaired) electrons. The molecule has 0 heterocycles. The Kier molecular flexibility index (Phi) is 7.48. The zero-order valence-corrected chi connectivity index (χ0v) is 12.3. The van der Waals surface area contributed by atoms with E-state index in [9.17, 15) is 0 Å². The molecule has 0 aromatic heterocycles. The van der Waals surface area contributed by atoms with Crippen molar-refractivity contribution in [3.8, 4) is 5.75 Å². The summed E-state index contributed by atoms with van der Waals surface area (Å²) < 4.78 is 10.9. The van der Waals surface area contributed by atoms with E-state index in [2.05, 4.69) is 18.7 Å². The van der Waals surface area contributed by atoms with Crippen LogP contribution in [0.3, 0.4) is 0 Å². The van der Waals surface area contributed by atoms with Crippen LogP contribution in [0.15, 0.2) is 24.3 Å². The van der Waals surface area contributed by atoms with Crippen LogP contribution in [0.2, 0.25) is 0 Å². The van der Waals surface area contributed by atoms with Gasteiger partial charge in [-0.05, 0) is 31.2 Å². The minimum atomic E-state index is 0.415. The molecule has 1 unspecified atom stereocenters. The highest BCUT2D eigenvalue weighted by Gasteiger charge is 2.11. The van der Waals surface area contributed by atoms with Crippen LogP contribution in [0.5, 0.6) is 5.75 Å². The van der Waals surface area contributed by atoms with Gasteiger partial charge in [0.25, 0.3) is 0 Å². The predicted molar refractivity (Wildman–Crippen MR) is 78.4 cm³/mol. The Bertz CT molecular complexity index is 341. The van der Waals surface area contributed by atoms with Crippen molar-refractivity contribution in [3.05, 3.63) is 29.8 Å². The topological polar surface area (TPSA) is 47.7 Å². The van der Waals surface area contributed by atoms with Crippen LogP contribution in [0.25, 0.3) is 0 Å². The van der Waals surface area contributed by atoms with Gasteiger partial charge in [-0.2, -0.15) is 0 Å². The minimum absolute atomic E-state index is 0.415. The first-order chi connectivity index (χ1) is 9.21. The van der Waals surface area contributed by atoms with Crippen LogP contribution < -0.4 is 10.5 Å². The summed E-state index contributed by atoms with van der Waals surface area (Å²) in [7, 11) is 1.74. The number of benzene rings is 1. The molecular weight excluding hydrogens is 240 g/mol. The lowest BCUT2D eigenvalue weighted by atomic mass is 10.2. The molecule has 19 heavy (non-hydrogen) atoms. The van der Waals surface area contributed by atoms with Gasteiger partial charge in [0.1, 0.15) is 12.4 Å². The first-order valence-electron chi connectivity index (χ1n) is 6.86. The third-order valence-corrected chi connectivity index (χ3v) is 3.24. The van der Waals surface area contributed by atoms with Gasteiger partial charge in [0, 0.05) is 26.2 Å². The van der Waals surface area contributed by atoms with Crippen LogP contribution in [0.1, 0.15) is 19.4 Å². The minimum Gasteiger partial charge on any atom is -0.492 e. The summed E-state index contributed by atoms with van der Waals surface area (Å²) in [6.07, 6.45) is 0. The lowest BCUT2D eigenvalue weighted by molar-refractivity contribution is 0.0920. The number of nitrogens with zero attached hydrogens (tertiary/aromatic N) is 1. The molecule has 0 aliphatic rings. The summed E-state index contributed by atoms with van der Waals surface area (Å²) >= 11 is 0. The number of rotatable bonds is 9. The Balaban J connectivity index is 2.34. The van der Waals surface area contributed by atoms with Gasteiger partial charge in [-0.15, -0.1) is 0 Å². The van der Waals surface area contributed by atoms with E-state index in [-0.39, 0.29) is 0 Å². The van der Waals surface area contributed by atoms with Crippen molar-refractivity contribution in [1.82, 2.24) is 4.90 Å². The normalized spacial score (nSPS) is 12.7. The fourth-order valence-corrected chi connectivity index (χ4v) is 2.04. The second-order valence-corrected chi connectivity index (χ2v) is 4.63. The van der Waals surface area contributed by atoms with Gasteiger partial charge in [0.2, 0.25) is 0 Å². The van der Waals surface area contributed by atoms with Crippen molar-refractivity contribution in [2.75, 3.05) is 33.4 Å². The largest absolute Gasteiger partial charge is 0.492 e. The van der Waals surface area contributed by atoms with E-state index in [4.69, 9.17) is 15.2 Å². The predicted octanol–water partition coefficient (Wildman–Crippen LogP) is 1.88. The fourth-order valence-electron chi connectivity index (χ4n) is 2.04. The molecule has 108 valence electrons. The molecule has 0 bridgehead atoms. The number of likely N-dealkylation sites (N-methyl/N-ethyl adjacent to an activating group) is 1. The highest BCUT2D eigenvalue weighted by atomic mass is 16.5. The van der Waals surface area contributed by atoms with Gasteiger partial charge >= 0.3 is 0 Å². The van der Waals surface area contributed by atoms with Crippen LogP contribution in [0, 0.1) is 0 Å². The average molecular weight is 266 g/mol. The average Bonchev–Trinajstić information content (AvgIpc) is 2.44. The number of hydrogen-bond acceptors (Lipinski definition) is 4.